The van der Waals surface area contributed by atoms with Crippen LogP contribution in [-0.4, -0.2) is 81.4 Å². The van der Waals surface area contributed by atoms with Crippen LogP contribution in [0.4, 0.5) is 10.3 Å². The number of ether oxygens (including phenoxy) is 1. The molecule has 182 valence electrons. The number of nitrogens with two attached hydrogens (primary N) is 1. The van der Waals surface area contributed by atoms with Crippen LogP contribution in [0.15, 0.2) is 59.7 Å². The van der Waals surface area contributed by atoms with Crippen molar-refractivity contribution in [2.75, 3.05) is 45.1 Å². The molecule has 1 aliphatic carbocycles. The Bertz CT molecular complexity index is 1180. The van der Waals surface area contributed by atoms with Crippen LogP contribution >= 0.6 is 11.8 Å². The quantitative estimate of drug-likeness (QED) is 0.631. The predicted molar refractivity (Wildman–Crippen MR) is 135 cm³/mol. The molecule has 3 aliphatic rings. The molecule has 0 bridgehead atoms. The summed E-state index contributed by atoms with van der Waals surface area (Å²) in [4.78, 5) is 30.6. The Hall–Kier alpha value is -3.08. The first-order chi connectivity index (χ1) is 17.0. The highest BCUT2D eigenvalue weighted by molar-refractivity contribution is 8.16. The van der Waals surface area contributed by atoms with E-state index in [-0.39, 0.29) is 29.0 Å². The van der Waals surface area contributed by atoms with Gasteiger partial charge >= 0.3 is 0 Å². The zero-order chi connectivity index (χ0) is 24.2. The summed E-state index contributed by atoms with van der Waals surface area (Å²) < 4.78 is 19.2. The first-order valence-corrected chi connectivity index (χ1v) is 12.5. The number of fused-ring (bicyclic) bond motifs is 1. The fourth-order valence-corrected chi connectivity index (χ4v) is 5.47. The van der Waals surface area contributed by atoms with E-state index >= 15 is 0 Å². The van der Waals surface area contributed by atoms with Crippen LogP contribution in [0.1, 0.15) is 11.3 Å². The Balaban J connectivity index is 1.30. The summed E-state index contributed by atoms with van der Waals surface area (Å²) in [6.45, 7) is 4.66. The topological polar surface area (TPSA) is 96.9 Å². The van der Waals surface area contributed by atoms with Gasteiger partial charge in [0.25, 0.3) is 5.91 Å². The van der Waals surface area contributed by atoms with Crippen molar-refractivity contribution < 1.29 is 13.9 Å². The molecule has 0 radical (unpaired) electrons. The zero-order valence-corrected chi connectivity index (χ0v) is 20.0. The van der Waals surface area contributed by atoms with Gasteiger partial charge in [-0.05, 0) is 29.3 Å². The molecule has 3 heterocycles. The number of carbonyl (C=O) groups is 1. The summed E-state index contributed by atoms with van der Waals surface area (Å²) in [5.74, 6) is -0.218. The summed E-state index contributed by atoms with van der Waals surface area (Å²) in [6.07, 6.45) is 7.66. The number of nitrogens with zero attached hydrogens (tertiary/aromatic N) is 5. The average Bonchev–Trinajstić information content (AvgIpc) is 3.30. The van der Waals surface area contributed by atoms with Crippen molar-refractivity contribution in [1.29, 1.82) is 0 Å². The normalized spacial score (nSPS) is 21.9. The van der Waals surface area contributed by atoms with Crippen LogP contribution in [0.5, 0.6) is 0 Å². The van der Waals surface area contributed by atoms with Crippen molar-refractivity contribution in [3.63, 3.8) is 0 Å². The molecule has 10 heteroatoms. The minimum Gasteiger partial charge on any atom is -0.379 e. The number of hydrogen-bond acceptors (Lipinski definition) is 8. The van der Waals surface area contributed by atoms with E-state index in [0.717, 1.165) is 36.5 Å². The first kappa shape index (κ1) is 23.7. The van der Waals surface area contributed by atoms with Crippen LogP contribution < -0.4 is 5.73 Å². The maximum absolute atomic E-state index is 13.8. The van der Waals surface area contributed by atoms with Crippen LogP contribution in [0.25, 0.3) is 5.57 Å². The van der Waals surface area contributed by atoms with Gasteiger partial charge in [0.2, 0.25) is 5.95 Å². The molecular formula is C25H27FN6O2S. The second-order valence-electron chi connectivity index (χ2n) is 8.60. The molecule has 1 aromatic heterocycles. The molecular weight excluding hydrogens is 467 g/mol. The highest BCUT2D eigenvalue weighted by Crippen LogP contribution is 2.35. The highest BCUT2D eigenvalue weighted by Gasteiger charge is 2.34. The fourth-order valence-electron chi connectivity index (χ4n) is 4.30. The van der Waals surface area contributed by atoms with Crippen molar-refractivity contribution in [1.82, 2.24) is 19.8 Å². The van der Waals surface area contributed by atoms with E-state index < -0.39 is 0 Å². The lowest BCUT2D eigenvalue weighted by atomic mass is 10.0. The van der Waals surface area contributed by atoms with E-state index in [0.29, 0.717) is 31.3 Å². The third kappa shape index (κ3) is 5.77. The number of morpholine rings is 1. The number of aromatic nitrogens is 2. The van der Waals surface area contributed by atoms with Gasteiger partial charge < -0.3 is 15.4 Å². The number of allylic oxidation sites excluding steroid dienone is 2. The van der Waals surface area contributed by atoms with Crippen molar-refractivity contribution in [3.8, 4) is 0 Å². The van der Waals surface area contributed by atoms with E-state index in [4.69, 9.17) is 15.5 Å². The van der Waals surface area contributed by atoms with Gasteiger partial charge in [-0.25, -0.2) is 14.4 Å². The fraction of sp³-hybridized carbons (Fsp3) is 0.360. The van der Waals surface area contributed by atoms with Crippen LogP contribution in [-0.2, 0) is 16.1 Å². The molecule has 2 unspecified atom stereocenters. The zero-order valence-electron chi connectivity index (χ0n) is 19.2. The Labute approximate surface area is 207 Å². The van der Waals surface area contributed by atoms with Crippen LogP contribution in [0.3, 0.4) is 0 Å². The Morgan fingerprint density at radius 1 is 1.29 bits per heavy atom. The smallest absolute Gasteiger partial charge is 0.279 e. The summed E-state index contributed by atoms with van der Waals surface area (Å²) >= 11 is 1.46. The molecule has 1 saturated heterocycles. The molecule has 1 fully saturated rings. The molecule has 2 aliphatic heterocycles. The number of aliphatic imine (C=N–C) groups is 1. The molecule has 8 nitrogen and oxygen atoms in total. The molecule has 1 amide bonds. The van der Waals surface area contributed by atoms with Gasteiger partial charge in [0.1, 0.15) is 5.82 Å². The third-order valence-electron chi connectivity index (χ3n) is 6.16. The van der Waals surface area contributed by atoms with E-state index in [9.17, 15) is 9.18 Å². The number of rotatable bonds is 7. The molecule has 0 spiro atoms. The highest BCUT2D eigenvalue weighted by atomic mass is 32.2. The van der Waals surface area contributed by atoms with Gasteiger partial charge in [-0.1, -0.05) is 42.1 Å². The number of anilines is 1. The second kappa shape index (κ2) is 10.7. The van der Waals surface area contributed by atoms with E-state index in [2.05, 4.69) is 20.9 Å². The third-order valence-corrected chi connectivity index (χ3v) is 7.35. The Kier molecular flexibility index (Phi) is 7.21. The molecule has 2 N–H and O–H groups in total. The lowest BCUT2D eigenvalue weighted by Crippen LogP contribution is -2.44. The number of thioether (sulfide) groups is 1. The van der Waals surface area contributed by atoms with Gasteiger partial charge in [0.05, 0.1) is 30.2 Å². The van der Waals surface area contributed by atoms with Crippen molar-refractivity contribution in [2.45, 2.75) is 17.8 Å². The molecule has 5 rings (SSSR count). The lowest BCUT2D eigenvalue weighted by Gasteiger charge is -2.30. The first-order valence-electron chi connectivity index (χ1n) is 11.6. The van der Waals surface area contributed by atoms with Crippen molar-refractivity contribution in [3.05, 3.63) is 71.8 Å². The van der Waals surface area contributed by atoms with E-state index in [1.165, 1.54) is 23.9 Å². The van der Waals surface area contributed by atoms with Gasteiger partial charge in [0.15, 0.2) is 5.04 Å². The predicted octanol–water partition coefficient (Wildman–Crippen LogP) is 2.39. The maximum atomic E-state index is 13.8. The van der Waals surface area contributed by atoms with Gasteiger partial charge in [-0.2, -0.15) is 0 Å². The Morgan fingerprint density at radius 3 is 2.94 bits per heavy atom. The summed E-state index contributed by atoms with van der Waals surface area (Å²) in [5.41, 5.74) is 8.16. The molecule has 0 saturated carbocycles. The number of amides is 1. The standard InChI is InChI=1S/C25H27FN6O2S/c26-19-3-1-2-17(14-19)16-32(9-8-31-10-12-34-13-11-31)24(33)23-29-21-5-4-18(15-22(21)35-23)20-6-7-28-25(27)30-20/h1-7,14-15,21-22H,8-13,16H2,(H2,27,28,30). The van der Waals surface area contributed by atoms with E-state index in [1.807, 2.05) is 24.3 Å². The van der Waals surface area contributed by atoms with E-state index in [1.54, 1.807) is 17.2 Å². The van der Waals surface area contributed by atoms with Gasteiger partial charge in [-0.15, -0.1) is 0 Å². The number of carbonyl (C=O) groups excluding carboxylic acids is 1. The summed E-state index contributed by atoms with van der Waals surface area (Å²) in [7, 11) is 0. The van der Waals surface area contributed by atoms with Gasteiger partial charge in [0, 0.05) is 38.9 Å². The molecule has 1 aromatic carbocycles. The minimum atomic E-state index is -0.310. The van der Waals surface area contributed by atoms with Crippen molar-refractivity contribution >= 4 is 34.2 Å². The lowest BCUT2D eigenvalue weighted by molar-refractivity contribution is -0.124. The largest absolute Gasteiger partial charge is 0.379 e. The molecule has 2 atom stereocenters. The van der Waals surface area contributed by atoms with Gasteiger partial charge in [-0.3, -0.25) is 14.7 Å². The Morgan fingerprint density at radius 2 is 2.14 bits per heavy atom. The minimum absolute atomic E-state index is 0.000373. The number of halogens is 1. The molecule has 35 heavy (non-hydrogen) atoms. The summed E-state index contributed by atoms with van der Waals surface area (Å²) in [5, 5.41) is 0.475. The maximum Gasteiger partial charge on any atom is 0.279 e. The second-order valence-corrected chi connectivity index (χ2v) is 9.77. The number of nitrogen functional groups attached to an aromatic ring is 1. The van der Waals surface area contributed by atoms with Crippen LogP contribution in [0, 0.1) is 5.82 Å². The van der Waals surface area contributed by atoms with Crippen molar-refractivity contribution in [2.24, 2.45) is 4.99 Å². The average molecular weight is 495 g/mol. The number of hydrogen-bond donors (Lipinski definition) is 1. The summed E-state index contributed by atoms with van der Waals surface area (Å²) in [6, 6.07) is 8.09. The SMILES string of the molecule is Nc1nccc(C2=CC3SC(C(=O)N(CCN4CCOCC4)Cc4cccc(F)c4)=NC3C=C2)n1. The monoisotopic (exact) mass is 494 g/mol. The van der Waals surface area contributed by atoms with Crippen LogP contribution in [0.2, 0.25) is 0 Å². The number of benzene rings is 1. The molecule has 2 aromatic rings.